The molecule has 0 saturated carbocycles. The minimum absolute atomic E-state index is 0.569. The van der Waals surface area contributed by atoms with Gasteiger partial charge in [-0.15, -0.1) is 5.10 Å². The number of aryl methyl sites for hydroxylation is 1. The highest BCUT2D eigenvalue weighted by molar-refractivity contribution is 5.59. The van der Waals surface area contributed by atoms with Crippen molar-refractivity contribution in [1.29, 1.82) is 0 Å². The monoisotopic (exact) mass is 271 g/mol. The maximum Gasteiger partial charge on any atom is 0.244 e. The van der Waals surface area contributed by atoms with Gasteiger partial charge in [-0.05, 0) is 25.0 Å². The van der Waals surface area contributed by atoms with E-state index in [-0.39, 0.29) is 0 Å². The Labute approximate surface area is 119 Å². The molecule has 0 amide bonds. The molecule has 0 unspecified atom stereocenters. The molecule has 0 atom stereocenters. The van der Waals surface area contributed by atoms with E-state index in [0.717, 1.165) is 18.7 Å². The number of rotatable bonds is 7. The molecule has 1 heterocycles. The summed E-state index contributed by atoms with van der Waals surface area (Å²) in [5, 5.41) is 14.4. The summed E-state index contributed by atoms with van der Waals surface area (Å²) in [5.74, 6) is 1.27. The van der Waals surface area contributed by atoms with Gasteiger partial charge in [-0.25, -0.2) is 0 Å². The highest BCUT2D eigenvalue weighted by atomic mass is 15.3. The van der Waals surface area contributed by atoms with Crippen LogP contribution in [0.15, 0.2) is 30.5 Å². The fourth-order valence-electron chi connectivity index (χ4n) is 1.86. The van der Waals surface area contributed by atoms with Crippen LogP contribution < -0.4 is 10.6 Å². The summed E-state index contributed by atoms with van der Waals surface area (Å²) in [6, 6.07) is 8.08. The van der Waals surface area contributed by atoms with Crippen LogP contribution in [0.4, 0.5) is 17.5 Å². The van der Waals surface area contributed by atoms with E-state index >= 15 is 0 Å². The van der Waals surface area contributed by atoms with E-state index in [1.54, 1.807) is 6.20 Å². The second-order valence-electron chi connectivity index (χ2n) is 4.74. The van der Waals surface area contributed by atoms with E-state index < -0.39 is 0 Å². The third kappa shape index (κ3) is 4.19. The summed E-state index contributed by atoms with van der Waals surface area (Å²) < 4.78 is 0. The van der Waals surface area contributed by atoms with Gasteiger partial charge in [0.25, 0.3) is 0 Å². The third-order valence-corrected chi connectivity index (χ3v) is 3.03. The molecule has 20 heavy (non-hydrogen) atoms. The van der Waals surface area contributed by atoms with Gasteiger partial charge in [0.05, 0.1) is 6.20 Å². The maximum atomic E-state index is 4.41. The summed E-state index contributed by atoms with van der Waals surface area (Å²) >= 11 is 0. The number of para-hydroxylation sites is 1. The molecule has 0 fully saturated rings. The van der Waals surface area contributed by atoms with Crippen LogP contribution in [0.3, 0.4) is 0 Å². The molecule has 2 N–H and O–H groups in total. The third-order valence-electron chi connectivity index (χ3n) is 3.03. The van der Waals surface area contributed by atoms with Crippen LogP contribution >= 0.6 is 0 Å². The number of benzene rings is 1. The van der Waals surface area contributed by atoms with Crippen LogP contribution in [-0.2, 0) is 0 Å². The van der Waals surface area contributed by atoms with Crippen LogP contribution in [0.2, 0.25) is 0 Å². The Bertz CT molecular complexity index is 541. The molecular formula is C15H21N5. The van der Waals surface area contributed by atoms with E-state index in [4.69, 9.17) is 0 Å². The van der Waals surface area contributed by atoms with Gasteiger partial charge < -0.3 is 10.6 Å². The lowest BCUT2D eigenvalue weighted by Crippen LogP contribution is -2.07. The van der Waals surface area contributed by atoms with Gasteiger partial charge in [-0.2, -0.15) is 10.1 Å². The Hall–Kier alpha value is -2.17. The molecule has 0 radical (unpaired) electrons. The van der Waals surface area contributed by atoms with Crippen LogP contribution in [-0.4, -0.2) is 21.7 Å². The van der Waals surface area contributed by atoms with Crippen LogP contribution in [0.5, 0.6) is 0 Å². The van der Waals surface area contributed by atoms with Gasteiger partial charge in [0.15, 0.2) is 5.82 Å². The normalized spacial score (nSPS) is 10.3. The molecule has 2 rings (SSSR count). The molecular weight excluding hydrogens is 250 g/mol. The van der Waals surface area contributed by atoms with E-state index in [0.29, 0.717) is 11.8 Å². The van der Waals surface area contributed by atoms with Crippen molar-refractivity contribution in [3.05, 3.63) is 36.0 Å². The Morgan fingerprint density at radius 3 is 2.80 bits per heavy atom. The first kappa shape index (κ1) is 14.2. The molecule has 0 bridgehead atoms. The minimum Gasteiger partial charge on any atom is -0.353 e. The van der Waals surface area contributed by atoms with Gasteiger partial charge in [-0.1, -0.05) is 38.0 Å². The zero-order chi connectivity index (χ0) is 14.2. The quantitative estimate of drug-likeness (QED) is 0.754. The summed E-state index contributed by atoms with van der Waals surface area (Å²) in [6.45, 7) is 5.12. The van der Waals surface area contributed by atoms with Crippen LogP contribution in [0.25, 0.3) is 0 Å². The van der Waals surface area contributed by atoms with Gasteiger partial charge >= 0.3 is 0 Å². The second kappa shape index (κ2) is 7.43. The van der Waals surface area contributed by atoms with E-state index in [9.17, 15) is 0 Å². The zero-order valence-corrected chi connectivity index (χ0v) is 12.1. The van der Waals surface area contributed by atoms with Crippen molar-refractivity contribution in [1.82, 2.24) is 15.2 Å². The number of nitrogens with zero attached hydrogens (tertiary/aromatic N) is 3. The van der Waals surface area contributed by atoms with Crippen molar-refractivity contribution in [3.63, 3.8) is 0 Å². The lowest BCUT2D eigenvalue weighted by atomic mass is 10.2. The maximum absolute atomic E-state index is 4.41. The first-order chi connectivity index (χ1) is 9.79. The Morgan fingerprint density at radius 2 is 2.00 bits per heavy atom. The first-order valence-corrected chi connectivity index (χ1v) is 7.06. The predicted octanol–water partition coefficient (Wildman–Crippen LogP) is 3.53. The smallest absolute Gasteiger partial charge is 0.244 e. The minimum atomic E-state index is 0.569. The second-order valence-corrected chi connectivity index (χ2v) is 4.74. The Morgan fingerprint density at radius 1 is 1.15 bits per heavy atom. The van der Waals surface area contributed by atoms with Crippen LogP contribution in [0, 0.1) is 6.92 Å². The SMILES string of the molecule is CCCCCNc1nncc(Nc2ccccc2C)n1. The zero-order valence-electron chi connectivity index (χ0n) is 12.1. The van der Waals surface area contributed by atoms with E-state index in [2.05, 4.69) is 45.7 Å². The molecule has 2 aromatic rings. The fourth-order valence-corrected chi connectivity index (χ4v) is 1.86. The summed E-state index contributed by atoms with van der Waals surface area (Å²) in [7, 11) is 0. The Kier molecular flexibility index (Phi) is 5.29. The topological polar surface area (TPSA) is 62.7 Å². The molecule has 1 aromatic heterocycles. The lowest BCUT2D eigenvalue weighted by Gasteiger charge is -2.09. The number of unbranched alkanes of at least 4 members (excludes halogenated alkanes) is 2. The van der Waals surface area contributed by atoms with Crippen molar-refractivity contribution in [3.8, 4) is 0 Å². The average molecular weight is 271 g/mol. The summed E-state index contributed by atoms with van der Waals surface area (Å²) in [4.78, 5) is 4.41. The van der Waals surface area contributed by atoms with Gasteiger partial charge in [0.2, 0.25) is 5.95 Å². The van der Waals surface area contributed by atoms with Gasteiger partial charge in [0, 0.05) is 12.2 Å². The molecule has 0 aliphatic heterocycles. The molecule has 5 heteroatoms. The summed E-state index contributed by atoms with van der Waals surface area (Å²) in [6.07, 6.45) is 5.16. The highest BCUT2D eigenvalue weighted by Gasteiger charge is 2.02. The Balaban J connectivity index is 1.97. The number of aromatic nitrogens is 3. The molecule has 5 nitrogen and oxygen atoms in total. The molecule has 0 aliphatic carbocycles. The largest absolute Gasteiger partial charge is 0.353 e. The van der Waals surface area contributed by atoms with Crippen LogP contribution in [0.1, 0.15) is 31.7 Å². The van der Waals surface area contributed by atoms with Crippen molar-refractivity contribution < 1.29 is 0 Å². The van der Waals surface area contributed by atoms with Crippen molar-refractivity contribution >= 4 is 17.5 Å². The molecule has 0 saturated heterocycles. The molecule has 1 aromatic carbocycles. The molecule has 0 spiro atoms. The van der Waals surface area contributed by atoms with Gasteiger partial charge in [0.1, 0.15) is 0 Å². The average Bonchev–Trinajstić information content (AvgIpc) is 2.47. The van der Waals surface area contributed by atoms with E-state index in [1.807, 2.05) is 18.2 Å². The first-order valence-electron chi connectivity index (χ1n) is 7.06. The molecule has 106 valence electrons. The number of hydrogen-bond acceptors (Lipinski definition) is 5. The van der Waals surface area contributed by atoms with Gasteiger partial charge in [-0.3, -0.25) is 0 Å². The number of nitrogens with one attached hydrogen (secondary N) is 2. The highest BCUT2D eigenvalue weighted by Crippen LogP contribution is 2.18. The fraction of sp³-hybridized carbons (Fsp3) is 0.400. The predicted molar refractivity (Wildman–Crippen MR) is 82.3 cm³/mol. The lowest BCUT2D eigenvalue weighted by molar-refractivity contribution is 0.738. The van der Waals surface area contributed by atoms with Crippen molar-refractivity contribution in [2.24, 2.45) is 0 Å². The summed E-state index contributed by atoms with van der Waals surface area (Å²) in [5.41, 5.74) is 2.20. The standard InChI is InChI=1S/C15H21N5/c1-3-4-7-10-16-15-19-14(11-17-20-15)18-13-9-6-5-8-12(13)2/h5-6,8-9,11H,3-4,7,10H2,1-2H3,(H2,16,18,19,20). The van der Waals surface area contributed by atoms with Crippen molar-refractivity contribution in [2.75, 3.05) is 17.2 Å². The number of anilines is 3. The van der Waals surface area contributed by atoms with Crippen molar-refractivity contribution in [2.45, 2.75) is 33.1 Å². The number of hydrogen-bond donors (Lipinski definition) is 2. The van der Waals surface area contributed by atoms with E-state index in [1.165, 1.54) is 18.4 Å². The molecule has 0 aliphatic rings.